The van der Waals surface area contributed by atoms with Crippen LogP contribution in [0.15, 0.2) is 36.9 Å². The first-order chi connectivity index (χ1) is 10.7. The van der Waals surface area contributed by atoms with E-state index in [1.54, 1.807) is 6.08 Å². The van der Waals surface area contributed by atoms with E-state index < -0.39 is 0 Å². The van der Waals surface area contributed by atoms with Crippen molar-refractivity contribution in [2.75, 3.05) is 19.6 Å². The first-order valence-electron chi connectivity index (χ1n) is 8.10. The maximum Gasteiger partial charge on any atom is 0.315 e. The van der Waals surface area contributed by atoms with Crippen molar-refractivity contribution < 1.29 is 4.79 Å². The van der Waals surface area contributed by atoms with Crippen LogP contribution in [-0.2, 0) is 13.1 Å². The summed E-state index contributed by atoms with van der Waals surface area (Å²) in [5.74, 6) is 0.811. The number of urea groups is 1. The molecule has 22 heavy (non-hydrogen) atoms. The van der Waals surface area contributed by atoms with Crippen LogP contribution in [0.4, 0.5) is 4.79 Å². The van der Waals surface area contributed by atoms with Gasteiger partial charge < -0.3 is 10.6 Å². The number of carbonyl (C=O) groups excluding carboxylic acids is 1. The highest BCUT2D eigenvalue weighted by atomic mass is 16.2. The van der Waals surface area contributed by atoms with Gasteiger partial charge >= 0.3 is 6.03 Å². The van der Waals surface area contributed by atoms with Crippen molar-refractivity contribution in [3.8, 4) is 0 Å². The highest BCUT2D eigenvalue weighted by Crippen LogP contribution is 2.18. The molecule has 120 valence electrons. The molecule has 1 aliphatic rings. The van der Waals surface area contributed by atoms with Crippen LogP contribution in [0.5, 0.6) is 0 Å². The van der Waals surface area contributed by atoms with Gasteiger partial charge in [0.05, 0.1) is 0 Å². The van der Waals surface area contributed by atoms with Crippen molar-refractivity contribution in [2.24, 2.45) is 5.92 Å². The number of rotatable bonds is 6. The second-order valence-corrected chi connectivity index (χ2v) is 6.15. The summed E-state index contributed by atoms with van der Waals surface area (Å²) >= 11 is 0. The fourth-order valence-electron chi connectivity index (χ4n) is 2.86. The number of nitrogens with one attached hydrogen (secondary N) is 2. The molecule has 1 saturated heterocycles. The topological polar surface area (TPSA) is 44.4 Å². The Morgan fingerprint density at radius 2 is 2.05 bits per heavy atom. The van der Waals surface area contributed by atoms with Crippen LogP contribution >= 0.6 is 0 Å². The van der Waals surface area contributed by atoms with Gasteiger partial charge in [-0.25, -0.2) is 4.79 Å². The third-order valence-corrected chi connectivity index (χ3v) is 4.03. The van der Waals surface area contributed by atoms with Crippen molar-refractivity contribution in [2.45, 2.75) is 32.9 Å². The Morgan fingerprint density at radius 3 is 2.73 bits per heavy atom. The predicted molar refractivity (Wildman–Crippen MR) is 90.6 cm³/mol. The minimum atomic E-state index is -0.161. The van der Waals surface area contributed by atoms with Crippen LogP contribution in [0, 0.1) is 5.92 Å². The number of likely N-dealkylation sites (tertiary alicyclic amines) is 1. The van der Waals surface area contributed by atoms with Gasteiger partial charge in [0.2, 0.25) is 0 Å². The molecule has 2 N–H and O–H groups in total. The Hall–Kier alpha value is -1.81. The van der Waals surface area contributed by atoms with Gasteiger partial charge in [0, 0.05) is 26.2 Å². The van der Waals surface area contributed by atoms with Crippen LogP contribution in [-0.4, -0.2) is 30.6 Å². The zero-order valence-electron chi connectivity index (χ0n) is 13.5. The summed E-state index contributed by atoms with van der Waals surface area (Å²) in [6, 6.07) is 8.36. The standard InChI is InChI=1S/C18H27N3O/c1-3-10-19-18(22)20-12-16-6-8-17(9-7-16)14-21-11-4-5-15(2)13-21/h3,6-9,15H,1,4-5,10-14H2,2H3,(H2,19,20,22)/t15-/m1/s1. The molecule has 1 aliphatic heterocycles. The molecule has 1 atom stereocenters. The Morgan fingerprint density at radius 1 is 1.32 bits per heavy atom. The van der Waals surface area contributed by atoms with Crippen LogP contribution in [0.2, 0.25) is 0 Å². The van der Waals surface area contributed by atoms with Gasteiger partial charge in [-0.1, -0.05) is 37.3 Å². The number of piperidine rings is 1. The normalized spacial score (nSPS) is 18.7. The average molecular weight is 301 g/mol. The number of carbonyl (C=O) groups is 1. The molecule has 0 unspecified atom stereocenters. The molecule has 4 heteroatoms. The molecular weight excluding hydrogens is 274 g/mol. The average Bonchev–Trinajstić information content (AvgIpc) is 2.52. The summed E-state index contributed by atoms with van der Waals surface area (Å²) in [7, 11) is 0. The molecule has 0 saturated carbocycles. The molecule has 1 heterocycles. The molecule has 1 aromatic carbocycles. The number of hydrogen-bond donors (Lipinski definition) is 2. The Labute approximate surface area is 133 Å². The number of amides is 2. The molecule has 0 radical (unpaired) electrons. The zero-order chi connectivity index (χ0) is 15.8. The first kappa shape index (κ1) is 16.6. The first-order valence-corrected chi connectivity index (χ1v) is 8.10. The maximum absolute atomic E-state index is 11.5. The van der Waals surface area contributed by atoms with E-state index in [4.69, 9.17) is 0 Å². The van der Waals surface area contributed by atoms with E-state index >= 15 is 0 Å². The van der Waals surface area contributed by atoms with E-state index in [-0.39, 0.29) is 6.03 Å². The van der Waals surface area contributed by atoms with Crippen molar-refractivity contribution in [1.29, 1.82) is 0 Å². The highest BCUT2D eigenvalue weighted by molar-refractivity contribution is 5.73. The van der Waals surface area contributed by atoms with Gasteiger partial charge in [0.25, 0.3) is 0 Å². The summed E-state index contributed by atoms with van der Waals surface area (Å²) in [6.45, 7) is 10.4. The van der Waals surface area contributed by atoms with Gasteiger partial charge in [0.15, 0.2) is 0 Å². The van der Waals surface area contributed by atoms with E-state index in [0.29, 0.717) is 13.1 Å². The lowest BCUT2D eigenvalue weighted by molar-refractivity contribution is 0.176. The monoisotopic (exact) mass is 301 g/mol. The van der Waals surface area contributed by atoms with Gasteiger partial charge in [0.1, 0.15) is 0 Å². The quantitative estimate of drug-likeness (QED) is 0.794. The summed E-state index contributed by atoms with van der Waals surface area (Å²) in [5, 5.41) is 5.53. The van der Waals surface area contributed by atoms with E-state index in [0.717, 1.165) is 18.0 Å². The van der Waals surface area contributed by atoms with Crippen LogP contribution in [0.3, 0.4) is 0 Å². The molecule has 2 amide bonds. The van der Waals surface area contributed by atoms with Crippen LogP contribution in [0.25, 0.3) is 0 Å². The van der Waals surface area contributed by atoms with Crippen molar-refractivity contribution in [3.63, 3.8) is 0 Å². The lowest BCUT2D eigenvalue weighted by Crippen LogP contribution is -2.35. The van der Waals surface area contributed by atoms with E-state index in [1.165, 1.54) is 31.5 Å². The fourth-order valence-corrected chi connectivity index (χ4v) is 2.86. The largest absolute Gasteiger partial charge is 0.335 e. The van der Waals surface area contributed by atoms with Gasteiger partial charge in [-0.3, -0.25) is 4.90 Å². The minimum absolute atomic E-state index is 0.161. The molecule has 2 rings (SSSR count). The Bertz CT molecular complexity index is 484. The molecule has 0 aliphatic carbocycles. The third kappa shape index (κ3) is 5.53. The fraction of sp³-hybridized carbons (Fsp3) is 0.500. The second kappa shape index (κ2) is 8.59. The zero-order valence-corrected chi connectivity index (χ0v) is 13.5. The maximum atomic E-state index is 11.5. The smallest absolute Gasteiger partial charge is 0.315 e. The summed E-state index contributed by atoms with van der Waals surface area (Å²) in [4.78, 5) is 14.0. The molecule has 1 fully saturated rings. The Balaban J connectivity index is 1.77. The summed E-state index contributed by atoms with van der Waals surface area (Å²) in [5.41, 5.74) is 2.46. The molecule has 4 nitrogen and oxygen atoms in total. The molecule has 0 bridgehead atoms. The number of benzene rings is 1. The molecule has 1 aromatic rings. The van der Waals surface area contributed by atoms with Crippen molar-refractivity contribution in [3.05, 3.63) is 48.0 Å². The van der Waals surface area contributed by atoms with Gasteiger partial charge in [-0.2, -0.15) is 0 Å². The van der Waals surface area contributed by atoms with Crippen LogP contribution in [0.1, 0.15) is 30.9 Å². The van der Waals surface area contributed by atoms with E-state index in [9.17, 15) is 4.79 Å². The minimum Gasteiger partial charge on any atom is -0.335 e. The lowest BCUT2D eigenvalue weighted by Gasteiger charge is -2.30. The Kier molecular flexibility index (Phi) is 6.46. The lowest BCUT2D eigenvalue weighted by atomic mass is 9.99. The van der Waals surface area contributed by atoms with Gasteiger partial charge in [-0.05, 0) is 36.4 Å². The summed E-state index contributed by atoms with van der Waals surface area (Å²) < 4.78 is 0. The van der Waals surface area contributed by atoms with Crippen molar-refractivity contribution >= 4 is 6.03 Å². The van der Waals surface area contributed by atoms with Gasteiger partial charge in [-0.15, -0.1) is 6.58 Å². The molecule has 0 aromatic heterocycles. The SMILES string of the molecule is C=CCNC(=O)NCc1ccc(CN2CCC[C@@H](C)C2)cc1. The predicted octanol–water partition coefficient (Wildman–Crippen LogP) is 2.90. The number of nitrogens with zero attached hydrogens (tertiary/aromatic N) is 1. The summed E-state index contributed by atoms with van der Waals surface area (Å²) in [6.07, 6.45) is 4.33. The second-order valence-electron chi connectivity index (χ2n) is 6.15. The van der Waals surface area contributed by atoms with Crippen molar-refractivity contribution in [1.82, 2.24) is 15.5 Å². The van der Waals surface area contributed by atoms with E-state index in [2.05, 4.69) is 53.3 Å². The molecular formula is C18H27N3O. The number of hydrogen-bond acceptors (Lipinski definition) is 2. The highest BCUT2D eigenvalue weighted by Gasteiger charge is 2.15. The van der Waals surface area contributed by atoms with E-state index in [1.807, 2.05) is 0 Å². The molecule has 0 spiro atoms. The third-order valence-electron chi connectivity index (χ3n) is 4.03. The van der Waals surface area contributed by atoms with Crippen LogP contribution < -0.4 is 10.6 Å².